The van der Waals surface area contributed by atoms with Crippen LogP contribution < -0.4 is 9.80 Å². The van der Waals surface area contributed by atoms with Crippen molar-refractivity contribution in [3.63, 3.8) is 0 Å². The highest BCUT2D eigenvalue weighted by Crippen LogP contribution is 2.58. The molecule has 0 aliphatic heterocycles. The Balaban J connectivity index is 1.30. The van der Waals surface area contributed by atoms with Crippen molar-refractivity contribution in [1.82, 2.24) is 0 Å². The lowest BCUT2D eigenvalue weighted by molar-refractivity contribution is 0.590. The molecule has 0 atom stereocenters. The maximum Gasteiger partial charge on any atom is 0.0715 e. The summed E-state index contributed by atoms with van der Waals surface area (Å²) in [6, 6.07) is 72.7. The van der Waals surface area contributed by atoms with Crippen LogP contribution in [-0.2, 0) is 16.2 Å². The summed E-state index contributed by atoms with van der Waals surface area (Å²) in [6.45, 7) is 18.0. The van der Waals surface area contributed by atoms with Gasteiger partial charge in [0, 0.05) is 34.1 Å². The molecule has 0 spiro atoms. The van der Waals surface area contributed by atoms with Gasteiger partial charge in [-0.1, -0.05) is 174 Å². The van der Waals surface area contributed by atoms with Gasteiger partial charge in [-0.15, -0.1) is 0 Å². The van der Waals surface area contributed by atoms with Gasteiger partial charge in [0.1, 0.15) is 0 Å². The molecule has 9 rings (SSSR count). The summed E-state index contributed by atoms with van der Waals surface area (Å²) >= 11 is 0. The Hall–Kier alpha value is -6.64. The first-order valence-corrected chi connectivity index (χ1v) is 21.7. The predicted octanol–water partition coefficient (Wildman–Crippen LogP) is 16.2. The second-order valence-electron chi connectivity index (χ2n) is 18.9. The Kier molecular flexibility index (Phi) is 10.1. The molecule has 0 amide bonds. The van der Waals surface area contributed by atoms with E-state index in [1.807, 2.05) is 0 Å². The average molecular weight is 793 g/mol. The molecule has 302 valence electrons. The molecule has 0 saturated heterocycles. The molecule has 61 heavy (non-hydrogen) atoms. The zero-order chi connectivity index (χ0) is 42.5. The summed E-state index contributed by atoms with van der Waals surface area (Å²) in [7, 11) is 0. The summed E-state index contributed by atoms with van der Waals surface area (Å²) in [6.07, 6.45) is 0. The third kappa shape index (κ3) is 7.25. The van der Waals surface area contributed by atoms with Crippen LogP contribution in [0.15, 0.2) is 194 Å². The molecule has 8 aromatic carbocycles. The fraction of sp³-hybridized carbons (Fsp3) is 0.186. The highest BCUT2D eigenvalue weighted by molar-refractivity contribution is 5.92. The summed E-state index contributed by atoms with van der Waals surface area (Å²) in [5, 5.41) is 0. The van der Waals surface area contributed by atoms with Crippen molar-refractivity contribution in [1.29, 1.82) is 0 Å². The molecule has 0 bridgehead atoms. The Bertz CT molecular complexity index is 2590. The van der Waals surface area contributed by atoms with Crippen LogP contribution in [0.2, 0.25) is 0 Å². The van der Waals surface area contributed by atoms with E-state index in [-0.39, 0.29) is 10.8 Å². The van der Waals surface area contributed by atoms with E-state index in [0.717, 1.165) is 34.1 Å². The summed E-state index contributed by atoms with van der Waals surface area (Å²) in [5.41, 5.74) is 18.9. The maximum atomic E-state index is 2.47. The first kappa shape index (κ1) is 39.8. The largest absolute Gasteiger partial charge is 0.310 e. The minimum Gasteiger partial charge on any atom is -0.310 e. The second kappa shape index (κ2) is 15.4. The Morgan fingerprint density at radius 3 is 0.934 bits per heavy atom. The molecule has 1 aliphatic carbocycles. The Morgan fingerprint density at radius 1 is 0.328 bits per heavy atom. The molecule has 0 N–H and O–H groups in total. The number of benzene rings is 8. The molecule has 0 unspecified atom stereocenters. The van der Waals surface area contributed by atoms with Crippen molar-refractivity contribution in [3.8, 4) is 11.1 Å². The van der Waals surface area contributed by atoms with E-state index in [1.54, 1.807) is 0 Å². The quantitative estimate of drug-likeness (QED) is 0.151. The van der Waals surface area contributed by atoms with E-state index >= 15 is 0 Å². The zero-order valence-electron chi connectivity index (χ0n) is 36.9. The normalized spacial score (nSPS) is 13.0. The molecule has 1 aliphatic rings. The van der Waals surface area contributed by atoms with Crippen LogP contribution in [-0.4, -0.2) is 0 Å². The monoisotopic (exact) mass is 792 g/mol. The van der Waals surface area contributed by atoms with Crippen LogP contribution in [0, 0.1) is 13.8 Å². The lowest BCUT2D eigenvalue weighted by atomic mass is 9.67. The van der Waals surface area contributed by atoms with E-state index < -0.39 is 5.41 Å². The standard InChI is InChI=1S/C59H56N2/c1-41-19-27-47(28-20-41)60(49-31-23-43(24-32-49)57(3,4)5)51-35-37-53-54-38-36-52(61(48-29-21-42(2)22-30-48)50-33-25-44(26-34-50)58(6,7)8)40-56(54)59(55(53)39-51,45-15-11-9-12-16-45)46-17-13-10-14-18-46/h9-40H,1-8H3. The topological polar surface area (TPSA) is 6.48 Å². The van der Waals surface area contributed by atoms with Gasteiger partial charge in [-0.2, -0.15) is 0 Å². The molecule has 0 fully saturated rings. The molecule has 0 aromatic heterocycles. The van der Waals surface area contributed by atoms with Gasteiger partial charge in [0.2, 0.25) is 0 Å². The smallest absolute Gasteiger partial charge is 0.0715 e. The van der Waals surface area contributed by atoms with E-state index in [9.17, 15) is 0 Å². The molecule has 2 nitrogen and oxygen atoms in total. The van der Waals surface area contributed by atoms with Crippen LogP contribution in [0.1, 0.15) is 86.1 Å². The fourth-order valence-electron chi connectivity index (χ4n) is 9.25. The Labute approximate surface area is 363 Å². The van der Waals surface area contributed by atoms with Crippen LogP contribution >= 0.6 is 0 Å². The lowest BCUT2D eigenvalue weighted by Gasteiger charge is -2.35. The highest BCUT2D eigenvalue weighted by atomic mass is 15.1. The van der Waals surface area contributed by atoms with Gasteiger partial charge < -0.3 is 9.80 Å². The van der Waals surface area contributed by atoms with E-state index in [2.05, 4.69) is 259 Å². The van der Waals surface area contributed by atoms with Gasteiger partial charge in [-0.3, -0.25) is 0 Å². The summed E-state index contributed by atoms with van der Waals surface area (Å²) in [4.78, 5) is 4.84. The number of anilines is 6. The van der Waals surface area contributed by atoms with Crippen molar-refractivity contribution >= 4 is 34.1 Å². The minimum absolute atomic E-state index is 0.0568. The average Bonchev–Trinajstić information content (AvgIpc) is 3.55. The predicted molar refractivity (Wildman–Crippen MR) is 260 cm³/mol. The van der Waals surface area contributed by atoms with Crippen LogP contribution in [0.25, 0.3) is 11.1 Å². The van der Waals surface area contributed by atoms with E-state index in [4.69, 9.17) is 0 Å². The molecule has 2 heteroatoms. The number of rotatable bonds is 8. The zero-order valence-corrected chi connectivity index (χ0v) is 36.9. The molecule has 0 heterocycles. The van der Waals surface area contributed by atoms with Crippen molar-refractivity contribution in [2.24, 2.45) is 0 Å². The van der Waals surface area contributed by atoms with Gasteiger partial charge in [-0.05, 0) is 142 Å². The van der Waals surface area contributed by atoms with Gasteiger partial charge in [-0.25, -0.2) is 0 Å². The molecular formula is C59H56N2. The summed E-state index contributed by atoms with van der Waals surface area (Å²) < 4.78 is 0. The van der Waals surface area contributed by atoms with Crippen molar-refractivity contribution in [2.45, 2.75) is 71.6 Å². The molecule has 0 saturated carbocycles. The third-order valence-corrected chi connectivity index (χ3v) is 12.6. The first-order chi connectivity index (χ1) is 29.3. The molecule has 8 aromatic rings. The molecular weight excluding hydrogens is 737 g/mol. The van der Waals surface area contributed by atoms with Crippen LogP contribution in [0.4, 0.5) is 34.1 Å². The maximum absolute atomic E-state index is 2.47. The van der Waals surface area contributed by atoms with Crippen LogP contribution in [0.3, 0.4) is 0 Å². The third-order valence-electron chi connectivity index (χ3n) is 12.6. The van der Waals surface area contributed by atoms with Crippen molar-refractivity contribution in [3.05, 3.63) is 239 Å². The van der Waals surface area contributed by atoms with Crippen LogP contribution in [0.5, 0.6) is 0 Å². The number of hydrogen-bond donors (Lipinski definition) is 0. The van der Waals surface area contributed by atoms with Gasteiger partial charge in [0.25, 0.3) is 0 Å². The Morgan fingerprint density at radius 2 is 0.623 bits per heavy atom. The minimum atomic E-state index is -0.608. The van der Waals surface area contributed by atoms with Crippen molar-refractivity contribution in [2.75, 3.05) is 9.80 Å². The van der Waals surface area contributed by atoms with Crippen molar-refractivity contribution < 1.29 is 0 Å². The van der Waals surface area contributed by atoms with Gasteiger partial charge >= 0.3 is 0 Å². The number of nitrogens with zero attached hydrogens (tertiary/aromatic N) is 2. The first-order valence-electron chi connectivity index (χ1n) is 21.7. The molecule has 0 radical (unpaired) electrons. The second-order valence-corrected chi connectivity index (χ2v) is 18.9. The van der Waals surface area contributed by atoms with E-state index in [1.165, 1.54) is 55.6 Å². The van der Waals surface area contributed by atoms with Gasteiger partial charge in [0.15, 0.2) is 0 Å². The number of fused-ring (bicyclic) bond motifs is 3. The fourth-order valence-corrected chi connectivity index (χ4v) is 9.25. The SMILES string of the molecule is Cc1ccc(N(c2ccc(C(C)(C)C)cc2)c2ccc3c(c2)C(c2ccccc2)(c2ccccc2)c2cc(N(c4ccc(C)cc4)c4ccc(C(C)(C)C)cc4)ccc2-3)cc1. The number of aryl methyl sites for hydroxylation is 2. The lowest BCUT2D eigenvalue weighted by Crippen LogP contribution is -2.29. The van der Waals surface area contributed by atoms with E-state index in [0.29, 0.717) is 0 Å². The number of hydrogen-bond acceptors (Lipinski definition) is 2. The highest BCUT2D eigenvalue weighted by Gasteiger charge is 2.47. The summed E-state index contributed by atoms with van der Waals surface area (Å²) in [5.74, 6) is 0. The van der Waals surface area contributed by atoms with Gasteiger partial charge in [0.05, 0.1) is 5.41 Å².